The molecule has 6 heteroatoms. The van der Waals surface area contributed by atoms with Crippen LogP contribution in [-0.2, 0) is 13.0 Å². The van der Waals surface area contributed by atoms with Crippen molar-refractivity contribution in [2.45, 2.75) is 13.0 Å². The summed E-state index contributed by atoms with van der Waals surface area (Å²) in [4.78, 5) is 4.08. The number of methoxy groups -OCH3 is 1. The lowest BCUT2D eigenvalue weighted by molar-refractivity contribution is 0.306. The Hall–Kier alpha value is -3.80. The molecule has 2 N–H and O–H groups in total. The standard InChI is InChI=1S/C23H21N3O3/c1-27-19-8-6-17(7-9-19)15-28-20-10-4-16(5-11-20)13-18-14-22(29-26-18)21-3-2-12-25-23(21)24/h2-12,14H,13,15H2,1H3,(H2,24,25). The molecule has 0 saturated carbocycles. The summed E-state index contributed by atoms with van der Waals surface area (Å²) in [6.07, 6.45) is 2.30. The van der Waals surface area contributed by atoms with Gasteiger partial charge in [-0.25, -0.2) is 4.98 Å². The Labute approximate surface area is 168 Å². The molecule has 0 unspecified atom stereocenters. The van der Waals surface area contributed by atoms with E-state index in [-0.39, 0.29) is 0 Å². The molecule has 6 nitrogen and oxygen atoms in total. The molecule has 0 bridgehead atoms. The van der Waals surface area contributed by atoms with Crippen molar-refractivity contribution in [3.05, 3.63) is 89.7 Å². The monoisotopic (exact) mass is 387 g/mol. The van der Waals surface area contributed by atoms with Gasteiger partial charge in [-0.3, -0.25) is 0 Å². The first-order chi connectivity index (χ1) is 14.2. The van der Waals surface area contributed by atoms with Crippen LogP contribution in [0.3, 0.4) is 0 Å². The van der Waals surface area contributed by atoms with E-state index in [1.54, 1.807) is 13.3 Å². The van der Waals surface area contributed by atoms with E-state index in [2.05, 4.69) is 10.1 Å². The number of nitrogens with two attached hydrogens (primary N) is 1. The number of hydrogen-bond donors (Lipinski definition) is 1. The first kappa shape index (κ1) is 18.6. The molecule has 146 valence electrons. The van der Waals surface area contributed by atoms with Gasteiger partial charge in [0.25, 0.3) is 0 Å². The maximum absolute atomic E-state index is 5.90. The van der Waals surface area contributed by atoms with E-state index in [1.165, 1.54) is 0 Å². The van der Waals surface area contributed by atoms with Crippen molar-refractivity contribution < 1.29 is 14.0 Å². The molecule has 29 heavy (non-hydrogen) atoms. The second kappa shape index (κ2) is 8.48. The highest BCUT2D eigenvalue weighted by molar-refractivity contribution is 5.69. The van der Waals surface area contributed by atoms with E-state index >= 15 is 0 Å². The number of aromatic nitrogens is 2. The predicted molar refractivity (Wildman–Crippen MR) is 111 cm³/mol. The number of pyridine rings is 1. The summed E-state index contributed by atoms with van der Waals surface area (Å²) >= 11 is 0. The maximum atomic E-state index is 5.90. The zero-order chi connectivity index (χ0) is 20.1. The van der Waals surface area contributed by atoms with Crippen LogP contribution in [0.15, 0.2) is 77.4 Å². The lowest BCUT2D eigenvalue weighted by Crippen LogP contribution is -1.96. The number of rotatable bonds is 7. The van der Waals surface area contributed by atoms with Gasteiger partial charge in [-0.1, -0.05) is 29.4 Å². The third-order valence-corrected chi connectivity index (χ3v) is 4.54. The van der Waals surface area contributed by atoms with Crippen LogP contribution < -0.4 is 15.2 Å². The summed E-state index contributed by atoms with van der Waals surface area (Å²) in [6.45, 7) is 0.503. The number of anilines is 1. The summed E-state index contributed by atoms with van der Waals surface area (Å²) in [5, 5.41) is 4.14. The highest BCUT2D eigenvalue weighted by atomic mass is 16.5. The lowest BCUT2D eigenvalue weighted by atomic mass is 10.1. The molecule has 0 saturated heterocycles. The first-order valence-corrected chi connectivity index (χ1v) is 9.22. The van der Waals surface area contributed by atoms with Crippen molar-refractivity contribution >= 4 is 5.82 Å². The first-order valence-electron chi connectivity index (χ1n) is 9.22. The topological polar surface area (TPSA) is 83.4 Å². The SMILES string of the molecule is COc1ccc(COc2ccc(Cc3cc(-c4cccnc4N)on3)cc2)cc1. The normalized spacial score (nSPS) is 10.7. The molecular formula is C23H21N3O3. The van der Waals surface area contributed by atoms with Gasteiger partial charge in [-0.05, 0) is 47.5 Å². The zero-order valence-electron chi connectivity index (χ0n) is 16.0. The third kappa shape index (κ3) is 4.55. The molecule has 2 aromatic carbocycles. The van der Waals surface area contributed by atoms with Crippen LogP contribution in [-0.4, -0.2) is 17.3 Å². The van der Waals surface area contributed by atoms with E-state index in [0.717, 1.165) is 33.9 Å². The van der Waals surface area contributed by atoms with Crippen molar-refractivity contribution in [3.63, 3.8) is 0 Å². The molecule has 0 fully saturated rings. The molecule has 0 spiro atoms. The molecule has 0 aliphatic carbocycles. The largest absolute Gasteiger partial charge is 0.497 e. The second-order valence-electron chi connectivity index (χ2n) is 6.58. The smallest absolute Gasteiger partial charge is 0.170 e. The van der Waals surface area contributed by atoms with Gasteiger partial charge in [-0.15, -0.1) is 0 Å². The van der Waals surface area contributed by atoms with E-state index in [1.807, 2.05) is 66.7 Å². The van der Waals surface area contributed by atoms with E-state index in [0.29, 0.717) is 24.6 Å². The fourth-order valence-corrected chi connectivity index (χ4v) is 2.95. The summed E-state index contributed by atoms with van der Waals surface area (Å²) < 4.78 is 16.4. The Kier molecular flexibility index (Phi) is 5.42. The minimum absolute atomic E-state index is 0.425. The van der Waals surface area contributed by atoms with E-state index < -0.39 is 0 Å². The molecule has 0 amide bonds. The number of nitrogen functional groups attached to an aromatic ring is 1. The Morgan fingerprint density at radius 3 is 2.38 bits per heavy atom. The van der Waals surface area contributed by atoms with Crippen LogP contribution in [0, 0.1) is 0 Å². The van der Waals surface area contributed by atoms with Gasteiger partial charge in [0.1, 0.15) is 23.9 Å². The Morgan fingerprint density at radius 1 is 0.931 bits per heavy atom. The highest BCUT2D eigenvalue weighted by Gasteiger charge is 2.10. The van der Waals surface area contributed by atoms with Gasteiger partial charge in [-0.2, -0.15) is 0 Å². The molecule has 4 aromatic rings. The van der Waals surface area contributed by atoms with Crippen molar-refractivity contribution in [2.75, 3.05) is 12.8 Å². The van der Waals surface area contributed by atoms with Crippen LogP contribution in [0.25, 0.3) is 11.3 Å². The molecule has 4 rings (SSSR count). The molecule has 0 atom stereocenters. The summed E-state index contributed by atoms with van der Waals surface area (Å²) in [6, 6.07) is 21.4. The third-order valence-electron chi connectivity index (χ3n) is 4.54. The summed E-state index contributed by atoms with van der Waals surface area (Å²) in [7, 11) is 1.65. The highest BCUT2D eigenvalue weighted by Crippen LogP contribution is 2.25. The zero-order valence-corrected chi connectivity index (χ0v) is 16.0. The molecule has 2 aromatic heterocycles. The number of hydrogen-bond acceptors (Lipinski definition) is 6. The number of ether oxygens (including phenoxy) is 2. The average molecular weight is 387 g/mol. The van der Waals surface area contributed by atoms with Crippen molar-refractivity contribution in [1.82, 2.24) is 10.1 Å². The quantitative estimate of drug-likeness (QED) is 0.503. The van der Waals surface area contributed by atoms with Gasteiger partial charge in [0, 0.05) is 18.7 Å². The fourth-order valence-electron chi connectivity index (χ4n) is 2.95. The Morgan fingerprint density at radius 2 is 1.66 bits per heavy atom. The summed E-state index contributed by atoms with van der Waals surface area (Å²) in [5.74, 6) is 2.69. The lowest BCUT2D eigenvalue weighted by Gasteiger charge is -2.08. The number of nitrogens with zero attached hydrogens (tertiary/aromatic N) is 2. The van der Waals surface area contributed by atoms with E-state index in [9.17, 15) is 0 Å². The molecular weight excluding hydrogens is 366 g/mol. The molecule has 2 heterocycles. The number of benzene rings is 2. The fraction of sp³-hybridized carbons (Fsp3) is 0.130. The molecule has 0 radical (unpaired) electrons. The van der Waals surface area contributed by atoms with Crippen molar-refractivity contribution in [1.29, 1.82) is 0 Å². The van der Waals surface area contributed by atoms with Crippen LogP contribution in [0.4, 0.5) is 5.82 Å². The van der Waals surface area contributed by atoms with Gasteiger partial charge in [0.15, 0.2) is 5.76 Å². The Bertz CT molecular complexity index is 1070. The van der Waals surface area contributed by atoms with Gasteiger partial charge < -0.3 is 19.7 Å². The van der Waals surface area contributed by atoms with Crippen molar-refractivity contribution in [2.24, 2.45) is 0 Å². The second-order valence-corrected chi connectivity index (χ2v) is 6.58. The van der Waals surface area contributed by atoms with Crippen LogP contribution in [0.2, 0.25) is 0 Å². The maximum Gasteiger partial charge on any atom is 0.170 e. The van der Waals surface area contributed by atoms with Gasteiger partial charge in [0.05, 0.1) is 18.4 Å². The average Bonchev–Trinajstić information content (AvgIpc) is 3.22. The minimum atomic E-state index is 0.425. The van der Waals surface area contributed by atoms with Gasteiger partial charge >= 0.3 is 0 Å². The van der Waals surface area contributed by atoms with Crippen molar-refractivity contribution in [3.8, 4) is 22.8 Å². The van der Waals surface area contributed by atoms with Gasteiger partial charge in [0.2, 0.25) is 0 Å². The van der Waals surface area contributed by atoms with Crippen LogP contribution in [0.1, 0.15) is 16.8 Å². The minimum Gasteiger partial charge on any atom is -0.497 e. The molecule has 0 aliphatic rings. The molecule has 0 aliphatic heterocycles. The van der Waals surface area contributed by atoms with Crippen LogP contribution >= 0.6 is 0 Å². The Balaban J connectivity index is 1.36. The summed E-state index contributed by atoms with van der Waals surface area (Å²) in [5.41, 5.74) is 9.66. The van der Waals surface area contributed by atoms with Crippen LogP contribution in [0.5, 0.6) is 11.5 Å². The van der Waals surface area contributed by atoms with E-state index in [4.69, 9.17) is 19.7 Å². The predicted octanol–water partition coefficient (Wildman–Crippen LogP) is 4.50.